The van der Waals surface area contributed by atoms with E-state index in [1.165, 1.54) is 12.5 Å². The van der Waals surface area contributed by atoms with Gasteiger partial charge in [-0.25, -0.2) is 9.97 Å². The fourth-order valence-corrected chi connectivity index (χ4v) is 1.18. The second-order valence-electron chi connectivity index (χ2n) is 2.91. The first-order valence-corrected chi connectivity index (χ1v) is 3.83. The lowest BCUT2D eigenvalue weighted by Gasteiger charge is -2.04. The number of aromatic nitrogens is 3. The van der Waals surface area contributed by atoms with Gasteiger partial charge in [0.05, 0.1) is 23.6 Å². The number of hydrogen-bond donors (Lipinski definition) is 0. The van der Waals surface area contributed by atoms with Crippen molar-refractivity contribution in [1.29, 1.82) is 0 Å². The summed E-state index contributed by atoms with van der Waals surface area (Å²) in [4.78, 5) is 7.14. The summed E-state index contributed by atoms with van der Waals surface area (Å²) in [5, 5.41) is 0. The zero-order valence-electron chi connectivity index (χ0n) is 7.21. The monoisotopic (exact) mass is 201 g/mol. The van der Waals surface area contributed by atoms with Crippen molar-refractivity contribution in [3.8, 4) is 0 Å². The van der Waals surface area contributed by atoms with Gasteiger partial charge in [0.2, 0.25) is 0 Å². The van der Waals surface area contributed by atoms with Crippen molar-refractivity contribution in [3.63, 3.8) is 0 Å². The predicted octanol–water partition coefficient (Wildman–Crippen LogP) is 1.99. The lowest BCUT2D eigenvalue weighted by Crippen LogP contribution is -2.07. The van der Waals surface area contributed by atoms with Crippen LogP contribution in [0.25, 0.3) is 11.0 Å². The van der Waals surface area contributed by atoms with E-state index in [1.807, 2.05) is 0 Å². The van der Waals surface area contributed by atoms with E-state index in [0.717, 1.165) is 6.07 Å². The minimum Gasteiger partial charge on any atom is -0.332 e. The second kappa shape index (κ2) is 2.70. The summed E-state index contributed by atoms with van der Waals surface area (Å²) in [6.45, 7) is 0. The summed E-state index contributed by atoms with van der Waals surface area (Å²) in [7, 11) is 1.70. The molecule has 74 valence electrons. The van der Waals surface area contributed by atoms with E-state index in [1.54, 1.807) is 11.6 Å². The van der Waals surface area contributed by atoms with Crippen molar-refractivity contribution in [2.24, 2.45) is 7.05 Å². The largest absolute Gasteiger partial charge is 0.433 e. The Bertz CT molecular complexity index is 472. The summed E-state index contributed by atoms with van der Waals surface area (Å²) >= 11 is 0. The normalized spacial score (nSPS) is 12.3. The van der Waals surface area contributed by atoms with E-state index in [4.69, 9.17) is 0 Å². The third kappa shape index (κ3) is 1.32. The van der Waals surface area contributed by atoms with Crippen molar-refractivity contribution in [3.05, 3.63) is 24.3 Å². The van der Waals surface area contributed by atoms with E-state index in [-0.39, 0.29) is 0 Å². The Kier molecular flexibility index (Phi) is 1.73. The molecule has 2 aromatic rings. The number of alkyl halides is 3. The Labute approximate surface area is 77.2 Å². The molecule has 3 nitrogen and oxygen atoms in total. The molecule has 0 saturated carbocycles. The molecular formula is C8H6F3N3. The molecule has 0 fully saturated rings. The highest BCUT2D eigenvalue weighted by molar-refractivity contribution is 5.74. The van der Waals surface area contributed by atoms with E-state index >= 15 is 0 Å². The van der Waals surface area contributed by atoms with Crippen LogP contribution in [0, 0.1) is 0 Å². The fourth-order valence-electron chi connectivity index (χ4n) is 1.18. The van der Waals surface area contributed by atoms with Gasteiger partial charge >= 0.3 is 6.18 Å². The van der Waals surface area contributed by atoms with Gasteiger partial charge in [0.1, 0.15) is 5.69 Å². The third-order valence-corrected chi connectivity index (χ3v) is 1.90. The molecule has 0 unspecified atom stereocenters. The minimum absolute atomic E-state index is 0.301. The van der Waals surface area contributed by atoms with E-state index in [2.05, 4.69) is 9.97 Å². The van der Waals surface area contributed by atoms with Gasteiger partial charge < -0.3 is 4.57 Å². The lowest BCUT2D eigenvalue weighted by molar-refractivity contribution is -0.141. The number of fused-ring (bicyclic) bond motifs is 1. The number of hydrogen-bond acceptors (Lipinski definition) is 2. The average Bonchev–Trinajstić information content (AvgIpc) is 2.46. The van der Waals surface area contributed by atoms with E-state index in [0.29, 0.717) is 11.0 Å². The highest BCUT2D eigenvalue weighted by atomic mass is 19.4. The maximum atomic E-state index is 12.2. The molecule has 2 aromatic heterocycles. The fraction of sp³-hybridized carbons (Fsp3) is 0.250. The summed E-state index contributed by atoms with van der Waals surface area (Å²) in [6, 6.07) is 0.940. The lowest BCUT2D eigenvalue weighted by atomic mass is 10.3. The first kappa shape index (κ1) is 8.98. The Hall–Kier alpha value is -1.59. The Morgan fingerprint density at radius 3 is 2.64 bits per heavy atom. The first-order chi connectivity index (χ1) is 6.48. The van der Waals surface area contributed by atoms with Gasteiger partial charge in [0, 0.05) is 7.05 Å². The van der Waals surface area contributed by atoms with Gasteiger partial charge in [0.25, 0.3) is 0 Å². The molecule has 0 spiro atoms. The van der Waals surface area contributed by atoms with Gasteiger partial charge in [0.15, 0.2) is 0 Å². The van der Waals surface area contributed by atoms with Crippen LogP contribution in [-0.4, -0.2) is 14.5 Å². The first-order valence-electron chi connectivity index (χ1n) is 3.83. The smallest absolute Gasteiger partial charge is 0.332 e. The van der Waals surface area contributed by atoms with Crippen LogP contribution in [0.3, 0.4) is 0 Å². The van der Waals surface area contributed by atoms with Crippen molar-refractivity contribution in [2.45, 2.75) is 6.18 Å². The van der Waals surface area contributed by atoms with Crippen LogP contribution in [0.15, 0.2) is 18.6 Å². The zero-order chi connectivity index (χ0) is 10.3. The maximum absolute atomic E-state index is 12.2. The molecule has 0 aliphatic carbocycles. The Morgan fingerprint density at radius 2 is 2.00 bits per heavy atom. The molecule has 0 amide bonds. The van der Waals surface area contributed by atoms with Crippen molar-refractivity contribution >= 4 is 11.0 Å². The molecule has 0 aliphatic heterocycles. The van der Waals surface area contributed by atoms with E-state index in [9.17, 15) is 13.2 Å². The molecule has 0 saturated heterocycles. The zero-order valence-corrected chi connectivity index (χ0v) is 7.21. The van der Waals surface area contributed by atoms with Crippen LogP contribution in [0.5, 0.6) is 0 Å². The number of aryl methyl sites for hydroxylation is 1. The number of halogens is 3. The number of imidazole rings is 1. The molecule has 0 N–H and O–H groups in total. The van der Waals surface area contributed by atoms with Crippen molar-refractivity contribution < 1.29 is 13.2 Å². The SMILES string of the molecule is Cn1cnc2cc(C(F)(F)F)ncc21. The Balaban J connectivity index is 2.63. The summed E-state index contributed by atoms with van der Waals surface area (Å²) < 4.78 is 38.3. The standard InChI is InChI=1S/C8H6F3N3/c1-14-4-13-5-2-7(8(9,10)11)12-3-6(5)14/h2-4H,1H3. The van der Waals surface area contributed by atoms with E-state index < -0.39 is 11.9 Å². The predicted molar refractivity (Wildman–Crippen MR) is 43.5 cm³/mol. The van der Waals surface area contributed by atoms with Crippen molar-refractivity contribution in [1.82, 2.24) is 14.5 Å². The van der Waals surface area contributed by atoms with Gasteiger partial charge in [-0.3, -0.25) is 0 Å². The van der Waals surface area contributed by atoms with Crippen LogP contribution in [0.4, 0.5) is 13.2 Å². The number of nitrogens with zero attached hydrogens (tertiary/aromatic N) is 3. The quantitative estimate of drug-likeness (QED) is 0.652. The molecular weight excluding hydrogens is 195 g/mol. The molecule has 0 atom stereocenters. The molecule has 0 aromatic carbocycles. The van der Waals surface area contributed by atoms with Crippen LogP contribution >= 0.6 is 0 Å². The van der Waals surface area contributed by atoms with Gasteiger partial charge in [-0.2, -0.15) is 13.2 Å². The highest BCUT2D eigenvalue weighted by Crippen LogP contribution is 2.28. The van der Waals surface area contributed by atoms with Crippen LogP contribution in [-0.2, 0) is 13.2 Å². The second-order valence-corrected chi connectivity index (χ2v) is 2.91. The summed E-state index contributed by atoms with van der Waals surface area (Å²) in [5.41, 5.74) is -0.0310. The van der Waals surface area contributed by atoms with Gasteiger partial charge in [-0.05, 0) is 6.07 Å². The Morgan fingerprint density at radius 1 is 1.29 bits per heavy atom. The summed E-state index contributed by atoms with van der Waals surface area (Å²) in [5.74, 6) is 0. The van der Waals surface area contributed by atoms with Gasteiger partial charge in [-0.1, -0.05) is 0 Å². The number of pyridine rings is 1. The molecule has 0 bridgehead atoms. The molecule has 0 radical (unpaired) electrons. The van der Waals surface area contributed by atoms with Crippen LogP contribution < -0.4 is 0 Å². The molecule has 2 heterocycles. The molecule has 6 heteroatoms. The van der Waals surface area contributed by atoms with Crippen LogP contribution in [0.2, 0.25) is 0 Å². The molecule has 2 rings (SSSR count). The molecule has 14 heavy (non-hydrogen) atoms. The van der Waals surface area contributed by atoms with Gasteiger partial charge in [-0.15, -0.1) is 0 Å². The maximum Gasteiger partial charge on any atom is 0.433 e. The van der Waals surface area contributed by atoms with Crippen LogP contribution in [0.1, 0.15) is 5.69 Å². The third-order valence-electron chi connectivity index (χ3n) is 1.90. The average molecular weight is 201 g/mol. The summed E-state index contributed by atoms with van der Waals surface area (Å²) in [6.07, 6.45) is -1.79. The minimum atomic E-state index is -4.41. The van der Waals surface area contributed by atoms with Crippen molar-refractivity contribution in [2.75, 3.05) is 0 Å². The molecule has 0 aliphatic rings. The number of rotatable bonds is 0. The topological polar surface area (TPSA) is 30.7 Å². The highest BCUT2D eigenvalue weighted by Gasteiger charge is 2.32.